The SMILES string of the molecule is CCN(C(=O)CCCO[N+](=O)[O-])[C@H]1CN(CCCOC)S(=O)(=O)c2sc(S(=O)(=O)NC(=O)CCCO[N+](=O)[O-])cc21. The minimum Gasteiger partial charge on any atom is -0.385 e. The van der Waals surface area contributed by atoms with Crippen LogP contribution in [0.25, 0.3) is 0 Å². The molecule has 21 heteroatoms. The van der Waals surface area contributed by atoms with Crippen LogP contribution in [0.1, 0.15) is 50.6 Å². The first kappa shape index (κ1) is 34.1. The molecule has 18 nitrogen and oxygen atoms in total. The summed E-state index contributed by atoms with van der Waals surface area (Å²) < 4.78 is 60.0. The first-order chi connectivity index (χ1) is 19.2. The van der Waals surface area contributed by atoms with Crippen LogP contribution in [0.15, 0.2) is 14.5 Å². The molecule has 2 amide bonds. The van der Waals surface area contributed by atoms with E-state index in [9.17, 15) is 46.7 Å². The van der Waals surface area contributed by atoms with E-state index in [2.05, 4.69) is 9.68 Å². The van der Waals surface area contributed by atoms with E-state index in [-0.39, 0.29) is 61.9 Å². The highest BCUT2D eigenvalue weighted by Crippen LogP contribution is 2.42. The maximum Gasteiger partial charge on any atom is 0.294 e. The molecule has 1 aliphatic rings. The van der Waals surface area contributed by atoms with Crippen molar-refractivity contribution in [2.45, 2.75) is 53.5 Å². The Morgan fingerprint density at radius 1 is 1.12 bits per heavy atom. The van der Waals surface area contributed by atoms with Crippen molar-refractivity contribution in [3.05, 3.63) is 31.9 Å². The van der Waals surface area contributed by atoms with Gasteiger partial charge in [-0.25, -0.2) is 21.6 Å². The minimum absolute atomic E-state index is 0.0216. The lowest BCUT2D eigenvalue weighted by molar-refractivity contribution is -0.757. The molecule has 1 aromatic heterocycles. The average Bonchev–Trinajstić information content (AvgIpc) is 3.35. The van der Waals surface area contributed by atoms with Crippen molar-refractivity contribution in [1.29, 1.82) is 0 Å². The van der Waals surface area contributed by atoms with E-state index < -0.39 is 65.3 Å². The average molecular weight is 646 g/mol. The molecule has 0 fully saturated rings. The van der Waals surface area contributed by atoms with Crippen molar-refractivity contribution in [1.82, 2.24) is 13.9 Å². The van der Waals surface area contributed by atoms with Crippen LogP contribution in [-0.2, 0) is 44.0 Å². The quantitative estimate of drug-likeness (QED) is 0.130. The van der Waals surface area contributed by atoms with Crippen LogP contribution in [0.2, 0.25) is 0 Å². The second-order valence-corrected chi connectivity index (χ2v) is 13.7. The fourth-order valence-corrected chi connectivity index (χ4v) is 8.88. The van der Waals surface area contributed by atoms with E-state index in [1.54, 1.807) is 6.92 Å². The molecule has 0 saturated heterocycles. The number of nitrogens with one attached hydrogen (secondary N) is 1. The first-order valence-electron chi connectivity index (χ1n) is 12.3. The molecule has 2 heterocycles. The molecule has 1 aliphatic heterocycles. The molecule has 1 aromatic rings. The van der Waals surface area contributed by atoms with E-state index in [0.717, 1.165) is 10.4 Å². The molecule has 0 bridgehead atoms. The number of nitrogens with zero attached hydrogens (tertiary/aromatic N) is 4. The largest absolute Gasteiger partial charge is 0.385 e. The summed E-state index contributed by atoms with van der Waals surface area (Å²) in [6.45, 7) is 1.12. The summed E-state index contributed by atoms with van der Waals surface area (Å²) in [4.78, 5) is 55.5. The van der Waals surface area contributed by atoms with Crippen molar-refractivity contribution >= 4 is 43.2 Å². The molecule has 0 saturated carbocycles. The predicted octanol–water partition coefficient (Wildman–Crippen LogP) is 0.460. The van der Waals surface area contributed by atoms with E-state index in [0.29, 0.717) is 17.8 Å². The summed E-state index contributed by atoms with van der Waals surface area (Å²) >= 11 is 0.424. The summed E-state index contributed by atoms with van der Waals surface area (Å²) in [5, 5.41) is 18.6. The van der Waals surface area contributed by atoms with Crippen LogP contribution >= 0.6 is 11.3 Å². The van der Waals surface area contributed by atoms with Gasteiger partial charge in [0.1, 0.15) is 8.42 Å². The second-order valence-electron chi connectivity index (χ2n) is 8.56. The highest BCUT2D eigenvalue weighted by atomic mass is 32.3. The van der Waals surface area contributed by atoms with Gasteiger partial charge in [-0.3, -0.25) is 9.59 Å². The number of methoxy groups -OCH3 is 1. The molecular formula is C20H31N5O13S3. The lowest BCUT2D eigenvalue weighted by Crippen LogP contribution is -2.47. The van der Waals surface area contributed by atoms with E-state index in [4.69, 9.17) is 4.74 Å². The van der Waals surface area contributed by atoms with Gasteiger partial charge in [-0.2, -0.15) is 4.31 Å². The number of likely N-dealkylation sites (N-methyl/N-ethyl adjacent to an activating group) is 1. The summed E-state index contributed by atoms with van der Waals surface area (Å²) in [5.41, 5.74) is 0.0574. The topological polar surface area (TPSA) is 235 Å². The zero-order valence-corrected chi connectivity index (χ0v) is 24.7. The van der Waals surface area contributed by atoms with Gasteiger partial charge >= 0.3 is 0 Å². The summed E-state index contributed by atoms with van der Waals surface area (Å²) in [6, 6.07) is 0.214. The van der Waals surface area contributed by atoms with Crippen molar-refractivity contribution < 1.29 is 51.0 Å². The van der Waals surface area contributed by atoms with Gasteiger partial charge in [0.05, 0.1) is 19.3 Å². The molecule has 0 unspecified atom stereocenters. The number of carbonyl (C=O) groups is 2. The van der Waals surface area contributed by atoms with Crippen LogP contribution in [0, 0.1) is 20.2 Å². The van der Waals surface area contributed by atoms with Crippen LogP contribution in [0.4, 0.5) is 0 Å². The van der Waals surface area contributed by atoms with E-state index >= 15 is 0 Å². The number of hydrogen-bond acceptors (Lipinski definition) is 14. The van der Waals surface area contributed by atoms with Crippen molar-refractivity contribution in [2.24, 2.45) is 0 Å². The fraction of sp³-hybridized carbons (Fsp3) is 0.700. The summed E-state index contributed by atoms with van der Waals surface area (Å²) in [7, 11) is -7.27. The van der Waals surface area contributed by atoms with Gasteiger partial charge in [0.2, 0.25) is 11.8 Å². The Bertz CT molecular complexity index is 1320. The van der Waals surface area contributed by atoms with E-state index in [1.165, 1.54) is 12.0 Å². The van der Waals surface area contributed by atoms with Crippen molar-refractivity contribution in [3.8, 4) is 0 Å². The predicted molar refractivity (Wildman–Crippen MR) is 139 cm³/mol. The fourth-order valence-electron chi connectivity index (χ4n) is 4.00. The third kappa shape index (κ3) is 9.45. The van der Waals surface area contributed by atoms with Crippen LogP contribution < -0.4 is 4.72 Å². The number of thiophene rings is 1. The zero-order chi connectivity index (χ0) is 30.8. The summed E-state index contributed by atoms with van der Waals surface area (Å²) in [5.74, 6) is -1.43. The third-order valence-corrected chi connectivity index (χ3v) is 11.2. The Balaban J connectivity index is 2.37. The molecule has 1 N–H and O–H groups in total. The molecule has 0 radical (unpaired) electrons. The second kappa shape index (κ2) is 15.2. The lowest BCUT2D eigenvalue weighted by Gasteiger charge is -2.38. The number of hydrogen-bond donors (Lipinski definition) is 1. The van der Waals surface area contributed by atoms with Gasteiger partial charge in [-0.15, -0.1) is 31.6 Å². The molecule has 1 atom stereocenters. The third-order valence-electron chi connectivity index (χ3n) is 5.79. The standard InChI is InChI=1S/C20H31N5O13S3/c1-3-23(18(27)8-5-12-38-25(30)31)16-14-22(9-6-10-36-2)41(34,35)20-15(16)13-19(39-20)40(32,33)21-17(26)7-4-11-37-24(28)29/h13,16H,3-12,14H2,1-2H3,(H,21,26)/t16-/m0/s1. The van der Waals surface area contributed by atoms with Crippen LogP contribution in [-0.4, -0.2) is 94.6 Å². The Hall–Kier alpha value is -3.14. The van der Waals surface area contributed by atoms with Gasteiger partial charge in [0, 0.05) is 51.8 Å². The minimum atomic E-state index is -4.54. The molecule has 232 valence electrons. The number of sulfonamides is 2. The monoisotopic (exact) mass is 645 g/mol. The van der Waals surface area contributed by atoms with Gasteiger partial charge in [-0.1, -0.05) is 0 Å². The number of rotatable bonds is 18. The molecule has 0 spiro atoms. The van der Waals surface area contributed by atoms with E-state index in [1.807, 2.05) is 4.72 Å². The molecule has 41 heavy (non-hydrogen) atoms. The summed E-state index contributed by atoms with van der Waals surface area (Å²) in [6.07, 6.45) is -0.354. The number of carbonyl (C=O) groups excluding carboxylic acids is 2. The number of amides is 2. The van der Waals surface area contributed by atoms with Gasteiger partial charge < -0.3 is 19.3 Å². The maximum absolute atomic E-state index is 13.5. The highest BCUT2D eigenvalue weighted by Gasteiger charge is 2.43. The Kier molecular flexibility index (Phi) is 12.6. The maximum atomic E-state index is 13.5. The normalized spacial score (nSPS) is 16.4. The lowest BCUT2D eigenvalue weighted by atomic mass is 10.1. The van der Waals surface area contributed by atoms with Crippen LogP contribution in [0.5, 0.6) is 0 Å². The zero-order valence-electron chi connectivity index (χ0n) is 22.3. The Labute approximate surface area is 239 Å². The first-order valence-corrected chi connectivity index (χ1v) is 16.0. The molecule has 0 aromatic carbocycles. The smallest absolute Gasteiger partial charge is 0.294 e. The number of ether oxygens (including phenoxy) is 1. The molecular weight excluding hydrogens is 614 g/mol. The Morgan fingerprint density at radius 3 is 2.29 bits per heavy atom. The van der Waals surface area contributed by atoms with Gasteiger partial charge in [0.15, 0.2) is 0 Å². The van der Waals surface area contributed by atoms with Gasteiger partial charge in [0.25, 0.3) is 30.2 Å². The Morgan fingerprint density at radius 2 is 1.73 bits per heavy atom. The number of fused-ring (bicyclic) bond motifs is 1. The van der Waals surface area contributed by atoms with Gasteiger partial charge in [-0.05, 0) is 32.3 Å². The van der Waals surface area contributed by atoms with Crippen LogP contribution in [0.3, 0.4) is 0 Å². The molecule has 0 aliphatic carbocycles. The van der Waals surface area contributed by atoms with Crippen molar-refractivity contribution in [2.75, 3.05) is 46.6 Å². The highest BCUT2D eigenvalue weighted by molar-refractivity contribution is 7.94. The molecule has 2 rings (SSSR count). The van der Waals surface area contributed by atoms with Crippen molar-refractivity contribution in [3.63, 3.8) is 0 Å².